The van der Waals surface area contributed by atoms with Gasteiger partial charge in [-0.3, -0.25) is 9.80 Å². The van der Waals surface area contributed by atoms with Gasteiger partial charge in [0.25, 0.3) is 0 Å². The molecule has 6 heteroatoms. The minimum absolute atomic E-state index is 0.205. The fraction of sp³-hybridized carbons (Fsp3) is 0.714. The third-order valence-electron chi connectivity index (χ3n) is 5.71. The van der Waals surface area contributed by atoms with Gasteiger partial charge in [-0.25, -0.2) is 0 Å². The second-order valence-electron chi connectivity index (χ2n) is 8.16. The smallest absolute Gasteiger partial charge is 0.165 e. The number of hydrogen-bond donors (Lipinski definition) is 1. The number of likely N-dealkylation sites (tertiary alicyclic amines) is 1. The minimum Gasteiger partial charge on any atom is -0.493 e. The van der Waals surface area contributed by atoms with Gasteiger partial charge >= 0.3 is 0 Å². The molecule has 6 nitrogen and oxygen atoms in total. The van der Waals surface area contributed by atoms with Crippen LogP contribution in [0.15, 0.2) is 18.2 Å². The monoisotopic (exact) mass is 378 g/mol. The fourth-order valence-corrected chi connectivity index (χ4v) is 3.99. The maximum absolute atomic E-state index is 10.4. The van der Waals surface area contributed by atoms with E-state index in [9.17, 15) is 5.11 Å². The van der Waals surface area contributed by atoms with Crippen molar-refractivity contribution in [1.82, 2.24) is 9.80 Å². The summed E-state index contributed by atoms with van der Waals surface area (Å²) in [5.74, 6) is 1.48. The van der Waals surface area contributed by atoms with E-state index in [0.29, 0.717) is 6.54 Å². The second-order valence-corrected chi connectivity index (χ2v) is 8.16. The highest BCUT2D eigenvalue weighted by Gasteiger charge is 2.32. The first kappa shape index (κ1) is 20.4. The van der Waals surface area contributed by atoms with E-state index in [0.717, 1.165) is 56.5 Å². The molecule has 1 aromatic rings. The van der Waals surface area contributed by atoms with Crippen molar-refractivity contribution in [1.29, 1.82) is 0 Å². The number of para-hydroxylation sites is 1. The third kappa shape index (κ3) is 5.35. The lowest BCUT2D eigenvalue weighted by Crippen LogP contribution is -2.42. The molecule has 0 spiro atoms. The zero-order chi connectivity index (χ0) is 19.3. The van der Waals surface area contributed by atoms with Crippen molar-refractivity contribution in [3.8, 4) is 11.5 Å². The number of ether oxygens (including phenoxy) is 3. The summed E-state index contributed by atoms with van der Waals surface area (Å²) in [7, 11) is 1.66. The number of aliphatic hydroxyl groups is 1. The first-order valence-electron chi connectivity index (χ1n) is 10.0. The number of nitrogens with zero attached hydrogens (tertiary/aromatic N) is 2. The first-order valence-corrected chi connectivity index (χ1v) is 10.0. The van der Waals surface area contributed by atoms with Crippen LogP contribution in [0.25, 0.3) is 0 Å². The Morgan fingerprint density at radius 1 is 1.22 bits per heavy atom. The van der Waals surface area contributed by atoms with Crippen LogP contribution in [0.3, 0.4) is 0 Å². The SMILES string of the molecule is COc1cccc(CN2CCCC2(C)C)c1OCC(O)CN1CCOCC1. The van der Waals surface area contributed by atoms with E-state index >= 15 is 0 Å². The van der Waals surface area contributed by atoms with Gasteiger partial charge < -0.3 is 19.3 Å². The van der Waals surface area contributed by atoms with Crippen molar-refractivity contribution in [2.75, 3.05) is 53.1 Å². The summed E-state index contributed by atoms with van der Waals surface area (Å²) in [6, 6.07) is 6.02. The van der Waals surface area contributed by atoms with Crippen LogP contribution in [0.1, 0.15) is 32.3 Å². The van der Waals surface area contributed by atoms with Crippen molar-refractivity contribution in [2.45, 2.75) is 44.9 Å². The molecule has 2 fully saturated rings. The highest BCUT2D eigenvalue weighted by molar-refractivity contribution is 5.46. The molecule has 0 aromatic heterocycles. The van der Waals surface area contributed by atoms with Crippen LogP contribution in [0, 0.1) is 0 Å². The molecule has 0 amide bonds. The zero-order valence-electron chi connectivity index (χ0n) is 16.9. The predicted molar refractivity (Wildman–Crippen MR) is 105 cm³/mol. The van der Waals surface area contributed by atoms with Crippen LogP contribution in [-0.2, 0) is 11.3 Å². The lowest BCUT2D eigenvalue weighted by molar-refractivity contribution is 0.00426. The maximum Gasteiger partial charge on any atom is 0.165 e. The van der Waals surface area contributed by atoms with Gasteiger partial charge in [0, 0.05) is 37.3 Å². The van der Waals surface area contributed by atoms with Crippen molar-refractivity contribution in [3.05, 3.63) is 23.8 Å². The number of morpholine rings is 1. The third-order valence-corrected chi connectivity index (χ3v) is 5.71. The average Bonchev–Trinajstić information content (AvgIpc) is 2.99. The summed E-state index contributed by atoms with van der Waals surface area (Å²) in [5.41, 5.74) is 1.32. The molecule has 0 radical (unpaired) electrons. The van der Waals surface area contributed by atoms with E-state index in [2.05, 4.69) is 29.7 Å². The van der Waals surface area contributed by atoms with Crippen LogP contribution in [-0.4, -0.2) is 79.7 Å². The highest BCUT2D eigenvalue weighted by atomic mass is 16.5. The molecule has 1 atom stereocenters. The van der Waals surface area contributed by atoms with Crippen LogP contribution in [0.2, 0.25) is 0 Å². The number of β-amino-alcohol motifs (C(OH)–C–C–N with tert-alkyl or cyclic N) is 1. The topological polar surface area (TPSA) is 54.4 Å². The Morgan fingerprint density at radius 2 is 2.00 bits per heavy atom. The van der Waals surface area contributed by atoms with E-state index < -0.39 is 6.10 Å². The molecular weight excluding hydrogens is 344 g/mol. The molecule has 2 saturated heterocycles. The molecule has 1 aromatic carbocycles. The Morgan fingerprint density at radius 3 is 2.67 bits per heavy atom. The van der Waals surface area contributed by atoms with Crippen LogP contribution < -0.4 is 9.47 Å². The normalized spacial score (nSPS) is 21.9. The van der Waals surface area contributed by atoms with Gasteiger partial charge in [-0.05, 0) is 39.3 Å². The van der Waals surface area contributed by atoms with Gasteiger partial charge in [-0.1, -0.05) is 12.1 Å². The number of benzene rings is 1. The Labute approximate surface area is 163 Å². The van der Waals surface area contributed by atoms with E-state index in [4.69, 9.17) is 14.2 Å². The van der Waals surface area contributed by atoms with Crippen molar-refractivity contribution < 1.29 is 19.3 Å². The molecule has 152 valence electrons. The Bertz CT molecular complexity index is 602. The zero-order valence-corrected chi connectivity index (χ0v) is 16.9. The van der Waals surface area contributed by atoms with E-state index in [1.807, 2.05) is 12.1 Å². The van der Waals surface area contributed by atoms with Crippen LogP contribution >= 0.6 is 0 Å². The number of methoxy groups -OCH3 is 1. The number of rotatable bonds is 8. The molecule has 2 heterocycles. The molecule has 1 unspecified atom stereocenters. The van der Waals surface area contributed by atoms with Gasteiger partial charge in [-0.15, -0.1) is 0 Å². The van der Waals surface area contributed by atoms with Crippen molar-refractivity contribution in [3.63, 3.8) is 0 Å². The summed E-state index contributed by atoms with van der Waals surface area (Å²) in [5, 5.41) is 10.4. The molecule has 3 rings (SSSR count). The van der Waals surface area contributed by atoms with Gasteiger partial charge in [0.1, 0.15) is 12.7 Å². The van der Waals surface area contributed by atoms with E-state index in [-0.39, 0.29) is 12.1 Å². The lowest BCUT2D eigenvalue weighted by atomic mass is 10.0. The molecule has 0 aliphatic carbocycles. The Hall–Kier alpha value is -1.34. The number of aliphatic hydroxyl groups excluding tert-OH is 1. The molecule has 2 aliphatic rings. The summed E-state index contributed by atoms with van der Waals surface area (Å²) in [6.07, 6.45) is 1.90. The molecule has 2 aliphatic heterocycles. The van der Waals surface area contributed by atoms with Crippen molar-refractivity contribution in [2.24, 2.45) is 0 Å². The van der Waals surface area contributed by atoms with Crippen molar-refractivity contribution >= 4 is 0 Å². The molecule has 27 heavy (non-hydrogen) atoms. The van der Waals surface area contributed by atoms with E-state index in [1.165, 1.54) is 12.8 Å². The number of hydrogen-bond acceptors (Lipinski definition) is 6. The summed E-state index contributed by atoms with van der Waals surface area (Å²) < 4.78 is 17.0. The Balaban J connectivity index is 1.64. The lowest BCUT2D eigenvalue weighted by Gasteiger charge is -2.32. The molecule has 0 saturated carbocycles. The van der Waals surface area contributed by atoms with Gasteiger partial charge in [0.2, 0.25) is 0 Å². The predicted octanol–water partition coefficient (Wildman–Crippen LogP) is 2.14. The summed E-state index contributed by atoms with van der Waals surface area (Å²) in [6.45, 7) is 10.6. The van der Waals surface area contributed by atoms with Gasteiger partial charge in [-0.2, -0.15) is 0 Å². The Kier molecular flexibility index (Phi) is 6.98. The molecule has 1 N–H and O–H groups in total. The summed E-state index contributed by atoms with van der Waals surface area (Å²) >= 11 is 0. The van der Waals surface area contributed by atoms with Crippen LogP contribution in [0.5, 0.6) is 11.5 Å². The standard InChI is InChI=1S/C21H34N2O4/c1-21(2)8-5-9-23(21)14-17-6-4-7-19(25-3)20(17)27-16-18(24)15-22-10-12-26-13-11-22/h4,6-7,18,24H,5,8-16H2,1-3H3. The maximum atomic E-state index is 10.4. The minimum atomic E-state index is -0.538. The van der Waals surface area contributed by atoms with Gasteiger partial charge in [0.05, 0.1) is 20.3 Å². The van der Waals surface area contributed by atoms with Crippen LogP contribution in [0.4, 0.5) is 0 Å². The fourth-order valence-electron chi connectivity index (χ4n) is 3.99. The van der Waals surface area contributed by atoms with Gasteiger partial charge in [0.15, 0.2) is 11.5 Å². The molecular formula is C21H34N2O4. The molecule has 0 bridgehead atoms. The summed E-state index contributed by atoms with van der Waals surface area (Å²) in [4.78, 5) is 4.71. The van der Waals surface area contributed by atoms with E-state index in [1.54, 1.807) is 7.11 Å². The quantitative estimate of drug-likeness (QED) is 0.748. The average molecular weight is 379 g/mol. The second kappa shape index (κ2) is 9.24. The largest absolute Gasteiger partial charge is 0.493 e. The highest BCUT2D eigenvalue weighted by Crippen LogP contribution is 2.36. The first-order chi connectivity index (χ1) is 13.0.